The maximum atomic E-state index is 9.72. The van der Waals surface area contributed by atoms with Gasteiger partial charge in [0.15, 0.2) is 0 Å². The van der Waals surface area contributed by atoms with Crippen molar-refractivity contribution >= 4 is 0 Å². The Morgan fingerprint density at radius 1 is 1.24 bits per heavy atom. The molecule has 5 nitrogen and oxygen atoms in total. The molecule has 0 radical (unpaired) electrons. The van der Waals surface area contributed by atoms with Crippen LogP contribution in [0.1, 0.15) is 18.4 Å². The van der Waals surface area contributed by atoms with Crippen molar-refractivity contribution in [2.45, 2.75) is 24.9 Å². The first-order chi connectivity index (χ1) is 10.3. The first-order valence-corrected chi connectivity index (χ1v) is 7.34. The average Bonchev–Trinajstić information content (AvgIpc) is 3.03. The van der Waals surface area contributed by atoms with Crippen molar-refractivity contribution in [1.82, 2.24) is 15.5 Å². The molecule has 0 spiro atoms. The summed E-state index contributed by atoms with van der Waals surface area (Å²) in [6.07, 6.45) is 3.52. The van der Waals surface area contributed by atoms with Gasteiger partial charge in [-0.1, -0.05) is 30.3 Å². The third-order valence-corrected chi connectivity index (χ3v) is 4.19. The first kappa shape index (κ1) is 14.3. The molecule has 0 saturated carbocycles. The lowest BCUT2D eigenvalue weighted by molar-refractivity contribution is 0.0112. The molecule has 1 aliphatic heterocycles. The molecule has 0 aliphatic carbocycles. The van der Waals surface area contributed by atoms with Crippen molar-refractivity contribution in [2.75, 3.05) is 19.8 Å². The summed E-state index contributed by atoms with van der Waals surface area (Å²) < 4.78 is 5.39. The first-order valence-electron chi connectivity index (χ1n) is 7.34. The third kappa shape index (κ3) is 3.15. The molecule has 112 valence electrons. The van der Waals surface area contributed by atoms with E-state index in [1.54, 1.807) is 0 Å². The zero-order chi connectivity index (χ0) is 14.5. The summed E-state index contributed by atoms with van der Waals surface area (Å²) in [7, 11) is 0. The van der Waals surface area contributed by atoms with Crippen LogP contribution in [0.25, 0.3) is 11.3 Å². The number of aliphatic hydroxyl groups is 1. The number of benzene rings is 1. The van der Waals surface area contributed by atoms with Gasteiger partial charge in [-0.2, -0.15) is 5.10 Å². The number of nitrogens with zero attached hydrogens (tertiary/aromatic N) is 1. The van der Waals surface area contributed by atoms with E-state index in [9.17, 15) is 5.11 Å². The van der Waals surface area contributed by atoms with Crippen LogP contribution >= 0.6 is 0 Å². The minimum Gasteiger partial charge on any atom is -0.394 e. The summed E-state index contributed by atoms with van der Waals surface area (Å²) in [6.45, 7) is 2.21. The van der Waals surface area contributed by atoms with Gasteiger partial charge in [-0.3, -0.25) is 5.10 Å². The molecule has 3 rings (SSSR count). The number of ether oxygens (including phenoxy) is 1. The van der Waals surface area contributed by atoms with Gasteiger partial charge in [-0.25, -0.2) is 0 Å². The molecular formula is C16H21N3O2. The fourth-order valence-corrected chi connectivity index (χ4v) is 2.74. The molecular weight excluding hydrogens is 266 g/mol. The normalized spacial score (nSPS) is 17.8. The van der Waals surface area contributed by atoms with E-state index in [0.29, 0.717) is 19.8 Å². The highest BCUT2D eigenvalue weighted by molar-refractivity contribution is 5.62. The Hall–Kier alpha value is -1.69. The van der Waals surface area contributed by atoms with Crippen LogP contribution in [-0.2, 0) is 11.3 Å². The smallest absolute Gasteiger partial charge is 0.0695 e. The van der Waals surface area contributed by atoms with E-state index in [0.717, 1.165) is 29.7 Å². The van der Waals surface area contributed by atoms with Crippen LogP contribution in [0.3, 0.4) is 0 Å². The molecule has 2 aromatic rings. The molecule has 0 bridgehead atoms. The second-order valence-electron chi connectivity index (χ2n) is 5.54. The van der Waals surface area contributed by atoms with Gasteiger partial charge in [0.25, 0.3) is 0 Å². The molecule has 3 N–H and O–H groups in total. The summed E-state index contributed by atoms with van der Waals surface area (Å²) in [6, 6.07) is 10.2. The summed E-state index contributed by atoms with van der Waals surface area (Å²) >= 11 is 0. The molecule has 1 aliphatic rings. The van der Waals surface area contributed by atoms with E-state index in [1.807, 2.05) is 24.4 Å². The third-order valence-electron chi connectivity index (χ3n) is 4.19. The van der Waals surface area contributed by atoms with E-state index >= 15 is 0 Å². The predicted octanol–water partition coefficient (Wildman–Crippen LogP) is 1.71. The number of aromatic amines is 1. The van der Waals surface area contributed by atoms with E-state index in [1.165, 1.54) is 0 Å². The quantitative estimate of drug-likeness (QED) is 0.783. The number of aliphatic hydroxyl groups excluding tert-OH is 1. The SMILES string of the molecule is OCC1(NCc2cn[nH]c2-c2ccccc2)CCOCC1. The highest BCUT2D eigenvalue weighted by Gasteiger charge is 2.31. The van der Waals surface area contributed by atoms with Crippen molar-refractivity contribution in [3.05, 3.63) is 42.1 Å². The molecule has 0 atom stereocenters. The molecule has 1 aromatic carbocycles. The number of rotatable bonds is 5. The van der Waals surface area contributed by atoms with Gasteiger partial charge in [0.2, 0.25) is 0 Å². The molecule has 0 unspecified atom stereocenters. The minimum absolute atomic E-state index is 0.134. The van der Waals surface area contributed by atoms with Gasteiger partial charge >= 0.3 is 0 Å². The second-order valence-corrected chi connectivity index (χ2v) is 5.54. The van der Waals surface area contributed by atoms with Crippen LogP contribution in [0.5, 0.6) is 0 Å². The summed E-state index contributed by atoms with van der Waals surface area (Å²) in [5.74, 6) is 0. The number of aromatic nitrogens is 2. The van der Waals surface area contributed by atoms with Crippen LogP contribution in [-0.4, -0.2) is 40.7 Å². The standard InChI is InChI=1S/C16H21N3O2/c20-12-16(6-8-21-9-7-16)17-10-14-11-18-19-15(14)13-4-2-1-3-5-13/h1-5,11,17,20H,6-10,12H2,(H,18,19). The monoisotopic (exact) mass is 287 g/mol. The Morgan fingerprint density at radius 3 is 2.71 bits per heavy atom. The molecule has 1 saturated heterocycles. The van der Waals surface area contributed by atoms with Gasteiger partial charge < -0.3 is 15.2 Å². The molecule has 21 heavy (non-hydrogen) atoms. The van der Waals surface area contributed by atoms with Crippen molar-refractivity contribution in [1.29, 1.82) is 0 Å². The number of hydrogen-bond donors (Lipinski definition) is 3. The van der Waals surface area contributed by atoms with Crippen molar-refractivity contribution in [3.8, 4) is 11.3 Å². The summed E-state index contributed by atoms with van der Waals surface area (Å²) in [5.41, 5.74) is 3.03. The predicted molar refractivity (Wildman–Crippen MR) is 80.7 cm³/mol. The molecule has 0 amide bonds. The molecule has 1 fully saturated rings. The van der Waals surface area contributed by atoms with Crippen LogP contribution < -0.4 is 5.32 Å². The Labute approximate surface area is 124 Å². The van der Waals surface area contributed by atoms with Crippen molar-refractivity contribution in [3.63, 3.8) is 0 Å². The van der Waals surface area contributed by atoms with E-state index in [-0.39, 0.29) is 12.1 Å². The zero-order valence-electron chi connectivity index (χ0n) is 12.0. The number of hydrogen-bond acceptors (Lipinski definition) is 4. The second kappa shape index (κ2) is 6.39. The minimum atomic E-state index is -0.233. The Kier molecular flexibility index (Phi) is 4.34. The maximum Gasteiger partial charge on any atom is 0.0695 e. The number of nitrogens with one attached hydrogen (secondary N) is 2. The van der Waals surface area contributed by atoms with E-state index in [4.69, 9.17) is 4.74 Å². The fraction of sp³-hybridized carbons (Fsp3) is 0.438. The topological polar surface area (TPSA) is 70.2 Å². The highest BCUT2D eigenvalue weighted by atomic mass is 16.5. The molecule has 2 heterocycles. The van der Waals surface area contributed by atoms with Crippen LogP contribution in [0.2, 0.25) is 0 Å². The van der Waals surface area contributed by atoms with Gasteiger partial charge in [0, 0.05) is 30.9 Å². The highest BCUT2D eigenvalue weighted by Crippen LogP contribution is 2.24. The van der Waals surface area contributed by atoms with Crippen LogP contribution in [0, 0.1) is 0 Å². The van der Waals surface area contributed by atoms with Gasteiger partial charge in [-0.05, 0) is 18.4 Å². The number of H-pyrrole nitrogens is 1. The van der Waals surface area contributed by atoms with E-state index in [2.05, 4.69) is 27.6 Å². The Balaban J connectivity index is 1.73. The van der Waals surface area contributed by atoms with Gasteiger partial charge in [-0.15, -0.1) is 0 Å². The molecule has 1 aromatic heterocycles. The lowest BCUT2D eigenvalue weighted by Crippen LogP contribution is -2.51. The lowest BCUT2D eigenvalue weighted by Gasteiger charge is -2.36. The Bertz CT molecular complexity index is 562. The van der Waals surface area contributed by atoms with Gasteiger partial charge in [0.05, 0.1) is 18.5 Å². The van der Waals surface area contributed by atoms with Crippen molar-refractivity contribution < 1.29 is 9.84 Å². The fourth-order valence-electron chi connectivity index (χ4n) is 2.74. The Morgan fingerprint density at radius 2 is 2.00 bits per heavy atom. The zero-order valence-corrected chi connectivity index (χ0v) is 12.0. The van der Waals surface area contributed by atoms with Crippen LogP contribution in [0.15, 0.2) is 36.5 Å². The average molecular weight is 287 g/mol. The summed E-state index contributed by atoms with van der Waals surface area (Å²) in [4.78, 5) is 0. The van der Waals surface area contributed by atoms with Crippen molar-refractivity contribution in [2.24, 2.45) is 0 Å². The summed E-state index contributed by atoms with van der Waals surface area (Å²) in [5, 5.41) is 20.4. The molecule has 5 heteroatoms. The van der Waals surface area contributed by atoms with Gasteiger partial charge in [0.1, 0.15) is 0 Å². The van der Waals surface area contributed by atoms with Crippen LogP contribution in [0.4, 0.5) is 0 Å². The van der Waals surface area contributed by atoms with E-state index < -0.39 is 0 Å². The lowest BCUT2D eigenvalue weighted by atomic mass is 9.90. The largest absolute Gasteiger partial charge is 0.394 e. The maximum absolute atomic E-state index is 9.72.